The average molecular weight is 194 g/mol. The van der Waals surface area contributed by atoms with Gasteiger partial charge >= 0.3 is 0 Å². The quantitative estimate of drug-likeness (QED) is 0.781. The molecule has 0 saturated heterocycles. The minimum absolute atomic E-state index is 0.315. The van der Waals surface area contributed by atoms with Gasteiger partial charge in [0.15, 0.2) is 0 Å². The van der Waals surface area contributed by atoms with E-state index in [4.69, 9.17) is 0 Å². The number of aromatic nitrogens is 2. The van der Waals surface area contributed by atoms with E-state index in [-0.39, 0.29) is 6.10 Å². The first-order valence-corrected chi connectivity index (χ1v) is 5.36. The van der Waals surface area contributed by atoms with Crippen molar-refractivity contribution in [3.63, 3.8) is 0 Å². The summed E-state index contributed by atoms with van der Waals surface area (Å²) >= 11 is 0. The highest BCUT2D eigenvalue weighted by Gasteiger charge is 2.27. The molecular weight excluding hydrogens is 176 g/mol. The lowest BCUT2D eigenvalue weighted by Gasteiger charge is -2.18. The van der Waals surface area contributed by atoms with Gasteiger partial charge in [-0.2, -0.15) is 5.10 Å². The standard InChI is InChI=1S/C11H18N2O/c1-8-7-12-13(2)10(8)11(14)9-5-3-4-6-9/h7,9,11,14H,3-6H2,1-2H3. The zero-order chi connectivity index (χ0) is 10.1. The Balaban J connectivity index is 2.21. The van der Waals surface area contributed by atoms with Crippen LogP contribution in [0.2, 0.25) is 0 Å². The summed E-state index contributed by atoms with van der Waals surface area (Å²) in [4.78, 5) is 0. The van der Waals surface area contributed by atoms with Crippen molar-refractivity contribution in [3.8, 4) is 0 Å². The molecule has 0 radical (unpaired) electrons. The van der Waals surface area contributed by atoms with Gasteiger partial charge in [0.1, 0.15) is 0 Å². The van der Waals surface area contributed by atoms with Crippen molar-refractivity contribution in [2.45, 2.75) is 38.7 Å². The van der Waals surface area contributed by atoms with Crippen LogP contribution in [0.5, 0.6) is 0 Å². The number of hydrogen-bond donors (Lipinski definition) is 1. The molecule has 1 aliphatic rings. The molecule has 1 saturated carbocycles. The topological polar surface area (TPSA) is 38.0 Å². The first-order chi connectivity index (χ1) is 6.70. The predicted octanol–water partition coefficient (Wildman–Crippen LogP) is 1.95. The summed E-state index contributed by atoms with van der Waals surface area (Å²) in [6.07, 6.45) is 6.35. The molecule has 0 amide bonds. The Morgan fingerprint density at radius 2 is 2.14 bits per heavy atom. The number of aliphatic hydroxyl groups excluding tert-OH is 1. The lowest BCUT2D eigenvalue weighted by molar-refractivity contribution is 0.103. The van der Waals surface area contributed by atoms with Crippen molar-refractivity contribution in [2.24, 2.45) is 13.0 Å². The van der Waals surface area contributed by atoms with Gasteiger partial charge in [-0.3, -0.25) is 4.68 Å². The number of aryl methyl sites for hydroxylation is 2. The highest BCUT2D eigenvalue weighted by atomic mass is 16.3. The van der Waals surface area contributed by atoms with Crippen LogP contribution in [0.1, 0.15) is 43.0 Å². The molecule has 14 heavy (non-hydrogen) atoms. The zero-order valence-corrected chi connectivity index (χ0v) is 8.90. The number of aliphatic hydroxyl groups is 1. The van der Waals surface area contributed by atoms with Crippen LogP contribution < -0.4 is 0 Å². The summed E-state index contributed by atoms with van der Waals surface area (Å²) in [5.74, 6) is 0.448. The Bertz CT molecular complexity index is 294. The number of nitrogens with zero attached hydrogens (tertiary/aromatic N) is 2. The molecular formula is C11H18N2O. The van der Waals surface area contributed by atoms with Gasteiger partial charge < -0.3 is 5.11 Å². The van der Waals surface area contributed by atoms with Crippen molar-refractivity contribution in [1.29, 1.82) is 0 Å². The van der Waals surface area contributed by atoms with Gasteiger partial charge in [-0.15, -0.1) is 0 Å². The first-order valence-electron chi connectivity index (χ1n) is 5.36. The molecule has 1 fully saturated rings. The van der Waals surface area contributed by atoms with Crippen LogP contribution in [0.3, 0.4) is 0 Å². The molecule has 0 aromatic carbocycles. The Morgan fingerprint density at radius 1 is 1.50 bits per heavy atom. The molecule has 0 bridgehead atoms. The third-order valence-corrected chi connectivity index (χ3v) is 3.30. The van der Waals surface area contributed by atoms with Crippen molar-refractivity contribution in [2.75, 3.05) is 0 Å². The monoisotopic (exact) mass is 194 g/mol. The molecule has 0 aliphatic heterocycles. The number of rotatable bonds is 2. The van der Waals surface area contributed by atoms with Gasteiger partial charge in [-0.1, -0.05) is 12.8 Å². The third-order valence-electron chi connectivity index (χ3n) is 3.30. The lowest BCUT2D eigenvalue weighted by Crippen LogP contribution is -2.14. The maximum absolute atomic E-state index is 10.2. The molecule has 2 rings (SSSR count). The normalized spacial score (nSPS) is 20.2. The van der Waals surface area contributed by atoms with Gasteiger partial charge in [0.2, 0.25) is 0 Å². The molecule has 1 aromatic heterocycles. The van der Waals surface area contributed by atoms with E-state index in [1.54, 1.807) is 4.68 Å². The molecule has 1 unspecified atom stereocenters. The van der Waals surface area contributed by atoms with Crippen molar-refractivity contribution in [3.05, 3.63) is 17.5 Å². The second kappa shape index (κ2) is 3.73. The largest absolute Gasteiger partial charge is 0.387 e. The maximum Gasteiger partial charge on any atom is 0.0987 e. The second-order valence-electron chi connectivity index (χ2n) is 4.33. The number of hydrogen-bond acceptors (Lipinski definition) is 2. The van der Waals surface area contributed by atoms with Gasteiger partial charge in [0.05, 0.1) is 18.0 Å². The molecule has 1 aromatic rings. The van der Waals surface area contributed by atoms with Gasteiger partial charge in [-0.05, 0) is 31.2 Å². The summed E-state index contributed by atoms with van der Waals surface area (Å²) in [6.45, 7) is 2.01. The summed E-state index contributed by atoms with van der Waals surface area (Å²) in [5.41, 5.74) is 2.10. The van der Waals surface area contributed by atoms with Crippen LogP contribution in [0.25, 0.3) is 0 Å². The van der Waals surface area contributed by atoms with Crippen LogP contribution in [0.4, 0.5) is 0 Å². The van der Waals surface area contributed by atoms with Crippen LogP contribution in [-0.2, 0) is 7.05 Å². The van der Waals surface area contributed by atoms with E-state index in [2.05, 4.69) is 5.10 Å². The van der Waals surface area contributed by atoms with Crippen molar-refractivity contribution < 1.29 is 5.11 Å². The first kappa shape index (κ1) is 9.71. The van der Waals surface area contributed by atoms with Crippen LogP contribution in [0, 0.1) is 12.8 Å². The Kier molecular flexibility index (Phi) is 2.59. The molecule has 78 valence electrons. The van der Waals surface area contributed by atoms with E-state index in [0.29, 0.717) is 5.92 Å². The van der Waals surface area contributed by atoms with Crippen LogP contribution >= 0.6 is 0 Å². The minimum atomic E-state index is -0.315. The van der Waals surface area contributed by atoms with Crippen molar-refractivity contribution in [1.82, 2.24) is 9.78 Å². The third kappa shape index (κ3) is 1.57. The van der Waals surface area contributed by atoms with E-state index in [1.165, 1.54) is 12.8 Å². The molecule has 1 heterocycles. The van der Waals surface area contributed by atoms with Crippen LogP contribution in [-0.4, -0.2) is 14.9 Å². The molecule has 3 nitrogen and oxygen atoms in total. The van der Waals surface area contributed by atoms with E-state index in [1.807, 2.05) is 20.2 Å². The smallest absolute Gasteiger partial charge is 0.0987 e. The SMILES string of the molecule is Cc1cnn(C)c1C(O)C1CCCC1. The summed E-state index contributed by atoms with van der Waals surface area (Å²) < 4.78 is 1.80. The molecule has 1 aliphatic carbocycles. The summed E-state index contributed by atoms with van der Waals surface area (Å²) in [6, 6.07) is 0. The van der Waals surface area contributed by atoms with Gasteiger partial charge in [0.25, 0.3) is 0 Å². The van der Waals surface area contributed by atoms with Crippen LogP contribution in [0.15, 0.2) is 6.20 Å². The molecule has 1 N–H and O–H groups in total. The van der Waals surface area contributed by atoms with Gasteiger partial charge in [-0.25, -0.2) is 0 Å². The van der Waals surface area contributed by atoms with E-state index in [9.17, 15) is 5.11 Å². The summed E-state index contributed by atoms with van der Waals surface area (Å²) in [5, 5.41) is 14.4. The molecule has 0 spiro atoms. The van der Waals surface area contributed by atoms with E-state index >= 15 is 0 Å². The summed E-state index contributed by atoms with van der Waals surface area (Å²) in [7, 11) is 1.90. The average Bonchev–Trinajstić information content (AvgIpc) is 2.75. The fourth-order valence-electron chi connectivity index (χ4n) is 2.48. The minimum Gasteiger partial charge on any atom is -0.387 e. The molecule has 1 atom stereocenters. The Morgan fingerprint density at radius 3 is 2.64 bits per heavy atom. The van der Waals surface area contributed by atoms with E-state index < -0.39 is 0 Å². The zero-order valence-electron chi connectivity index (χ0n) is 8.90. The highest BCUT2D eigenvalue weighted by molar-refractivity contribution is 5.18. The fourth-order valence-corrected chi connectivity index (χ4v) is 2.48. The fraction of sp³-hybridized carbons (Fsp3) is 0.727. The van der Waals surface area contributed by atoms with Gasteiger partial charge in [0, 0.05) is 7.05 Å². The predicted molar refractivity (Wildman–Crippen MR) is 54.9 cm³/mol. The Hall–Kier alpha value is -0.830. The maximum atomic E-state index is 10.2. The highest BCUT2D eigenvalue weighted by Crippen LogP contribution is 2.36. The van der Waals surface area contributed by atoms with Crippen molar-refractivity contribution >= 4 is 0 Å². The molecule has 3 heteroatoms. The second-order valence-corrected chi connectivity index (χ2v) is 4.33. The Labute approximate surface area is 84.7 Å². The van der Waals surface area contributed by atoms with E-state index in [0.717, 1.165) is 24.1 Å². The lowest BCUT2D eigenvalue weighted by atomic mass is 9.96.